The van der Waals surface area contributed by atoms with Gasteiger partial charge in [-0.2, -0.15) is 0 Å². The topological polar surface area (TPSA) is 46.6 Å². The minimum absolute atomic E-state index is 0.0472. The molecule has 2 aromatic rings. The molecule has 0 spiro atoms. The van der Waals surface area contributed by atoms with Crippen molar-refractivity contribution in [3.8, 4) is 0 Å². The molecule has 1 amide bonds. The van der Waals surface area contributed by atoms with E-state index in [0.29, 0.717) is 16.8 Å². The first-order valence-corrected chi connectivity index (χ1v) is 9.84. The SMILES string of the molecule is CCOC(=O)C1=C(C)N(c2ccccc2)C(=O)/C1=C\c1ccc(C(C)(C)C)cc1. The number of anilines is 1. The van der Waals surface area contributed by atoms with Gasteiger partial charge < -0.3 is 4.74 Å². The number of para-hydroxylation sites is 1. The van der Waals surface area contributed by atoms with Crippen molar-refractivity contribution in [1.29, 1.82) is 0 Å². The van der Waals surface area contributed by atoms with E-state index in [9.17, 15) is 9.59 Å². The number of hydrogen-bond donors (Lipinski definition) is 0. The van der Waals surface area contributed by atoms with Crippen LogP contribution in [-0.2, 0) is 19.7 Å². The maximum atomic E-state index is 13.3. The summed E-state index contributed by atoms with van der Waals surface area (Å²) < 4.78 is 5.24. The van der Waals surface area contributed by atoms with E-state index in [1.165, 1.54) is 5.56 Å². The molecule has 3 rings (SSSR count). The van der Waals surface area contributed by atoms with Crippen LogP contribution in [-0.4, -0.2) is 18.5 Å². The van der Waals surface area contributed by atoms with Gasteiger partial charge in [-0.1, -0.05) is 63.2 Å². The minimum atomic E-state index is -0.477. The molecule has 0 saturated heterocycles. The van der Waals surface area contributed by atoms with Crippen molar-refractivity contribution in [2.24, 2.45) is 0 Å². The van der Waals surface area contributed by atoms with Crippen LogP contribution in [0, 0.1) is 0 Å². The molecule has 0 atom stereocenters. The number of nitrogens with zero attached hydrogens (tertiary/aromatic N) is 1. The van der Waals surface area contributed by atoms with Crippen molar-refractivity contribution in [1.82, 2.24) is 0 Å². The fraction of sp³-hybridized carbons (Fsp3) is 0.280. The van der Waals surface area contributed by atoms with Crippen molar-refractivity contribution in [3.05, 3.63) is 82.6 Å². The Kier molecular flexibility index (Phi) is 5.73. The molecule has 0 fully saturated rings. The van der Waals surface area contributed by atoms with Crippen LogP contribution in [0.1, 0.15) is 45.7 Å². The van der Waals surface area contributed by atoms with E-state index in [-0.39, 0.29) is 17.9 Å². The van der Waals surface area contributed by atoms with Gasteiger partial charge in [0.05, 0.1) is 17.8 Å². The molecule has 4 heteroatoms. The lowest BCUT2D eigenvalue weighted by Crippen LogP contribution is -2.24. The number of benzene rings is 2. The third-order valence-electron chi connectivity index (χ3n) is 4.98. The molecule has 0 aliphatic carbocycles. The molecular weight excluding hydrogens is 362 g/mol. The highest BCUT2D eigenvalue weighted by molar-refractivity contribution is 6.23. The highest BCUT2D eigenvalue weighted by atomic mass is 16.5. The third kappa shape index (κ3) is 4.16. The summed E-state index contributed by atoms with van der Waals surface area (Å²) in [4.78, 5) is 27.5. The number of esters is 1. The van der Waals surface area contributed by atoms with E-state index in [0.717, 1.165) is 11.3 Å². The predicted molar refractivity (Wildman–Crippen MR) is 116 cm³/mol. The number of carbonyl (C=O) groups is 2. The molecule has 1 heterocycles. The summed E-state index contributed by atoms with van der Waals surface area (Å²) in [5, 5.41) is 0. The van der Waals surface area contributed by atoms with Gasteiger partial charge in [0, 0.05) is 11.4 Å². The molecule has 29 heavy (non-hydrogen) atoms. The van der Waals surface area contributed by atoms with E-state index in [2.05, 4.69) is 32.9 Å². The number of amides is 1. The molecule has 0 aromatic heterocycles. The largest absolute Gasteiger partial charge is 0.462 e. The zero-order chi connectivity index (χ0) is 21.2. The maximum Gasteiger partial charge on any atom is 0.340 e. The van der Waals surface area contributed by atoms with Crippen molar-refractivity contribution in [3.63, 3.8) is 0 Å². The second-order valence-corrected chi connectivity index (χ2v) is 8.09. The Labute approximate surface area is 172 Å². The van der Waals surface area contributed by atoms with Gasteiger partial charge >= 0.3 is 5.97 Å². The summed E-state index contributed by atoms with van der Waals surface area (Å²) in [6.45, 7) is 10.3. The maximum absolute atomic E-state index is 13.3. The molecular formula is C25H27NO3. The third-order valence-corrected chi connectivity index (χ3v) is 4.98. The van der Waals surface area contributed by atoms with Crippen molar-refractivity contribution < 1.29 is 14.3 Å². The molecule has 0 unspecified atom stereocenters. The smallest absolute Gasteiger partial charge is 0.340 e. The summed E-state index contributed by atoms with van der Waals surface area (Å²) in [5.74, 6) is -0.703. The van der Waals surface area contributed by atoms with Crippen LogP contribution in [0.3, 0.4) is 0 Å². The zero-order valence-corrected chi connectivity index (χ0v) is 17.7. The number of allylic oxidation sites excluding steroid dienone is 1. The fourth-order valence-corrected chi connectivity index (χ4v) is 3.42. The molecule has 1 aliphatic rings. The monoisotopic (exact) mass is 389 g/mol. The normalized spacial score (nSPS) is 16.0. The minimum Gasteiger partial charge on any atom is -0.462 e. The van der Waals surface area contributed by atoms with Gasteiger partial charge in [0.2, 0.25) is 0 Å². The molecule has 0 radical (unpaired) electrons. The van der Waals surface area contributed by atoms with Gasteiger partial charge in [0.15, 0.2) is 0 Å². The van der Waals surface area contributed by atoms with Gasteiger partial charge in [0.1, 0.15) is 0 Å². The quantitative estimate of drug-likeness (QED) is 0.530. The predicted octanol–water partition coefficient (Wildman–Crippen LogP) is 5.25. The fourth-order valence-electron chi connectivity index (χ4n) is 3.42. The zero-order valence-electron chi connectivity index (χ0n) is 17.7. The highest BCUT2D eigenvalue weighted by Crippen LogP contribution is 2.35. The van der Waals surface area contributed by atoms with Crippen molar-refractivity contribution in [2.45, 2.75) is 40.0 Å². The summed E-state index contributed by atoms with van der Waals surface area (Å²) in [6.07, 6.45) is 1.77. The average Bonchev–Trinajstić information content (AvgIpc) is 2.92. The second-order valence-electron chi connectivity index (χ2n) is 8.09. The highest BCUT2D eigenvalue weighted by Gasteiger charge is 2.38. The van der Waals surface area contributed by atoms with Crippen LogP contribution < -0.4 is 4.90 Å². The molecule has 150 valence electrons. The van der Waals surface area contributed by atoms with Crippen LogP contribution in [0.25, 0.3) is 6.08 Å². The summed E-state index contributed by atoms with van der Waals surface area (Å²) in [5.41, 5.74) is 4.10. The average molecular weight is 389 g/mol. The Hall–Kier alpha value is -3.14. The summed E-state index contributed by atoms with van der Waals surface area (Å²) >= 11 is 0. The van der Waals surface area contributed by atoms with Crippen LogP contribution >= 0.6 is 0 Å². The molecule has 0 N–H and O–H groups in total. The molecule has 0 saturated carbocycles. The van der Waals surface area contributed by atoms with Gasteiger partial charge in [-0.15, -0.1) is 0 Å². The van der Waals surface area contributed by atoms with Crippen molar-refractivity contribution >= 4 is 23.6 Å². The van der Waals surface area contributed by atoms with Crippen LogP contribution in [0.15, 0.2) is 71.4 Å². The van der Waals surface area contributed by atoms with E-state index >= 15 is 0 Å². The number of carbonyl (C=O) groups excluding carboxylic acids is 2. The number of rotatable bonds is 4. The first kappa shape index (κ1) is 20.6. The van der Waals surface area contributed by atoms with Gasteiger partial charge in [0.25, 0.3) is 5.91 Å². The van der Waals surface area contributed by atoms with Gasteiger partial charge in [-0.05, 0) is 48.6 Å². The summed E-state index contributed by atoms with van der Waals surface area (Å²) in [6, 6.07) is 17.4. The van der Waals surface area contributed by atoms with Gasteiger partial charge in [-0.3, -0.25) is 9.69 Å². The van der Waals surface area contributed by atoms with Crippen molar-refractivity contribution in [2.75, 3.05) is 11.5 Å². The number of hydrogen-bond acceptors (Lipinski definition) is 3. The van der Waals surface area contributed by atoms with Crippen LogP contribution in [0.2, 0.25) is 0 Å². The molecule has 4 nitrogen and oxygen atoms in total. The number of ether oxygens (including phenoxy) is 1. The second kappa shape index (κ2) is 8.08. The van der Waals surface area contributed by atoms with Crippen LogP contribution in [0.5, 0.6) is 0 Å². The Morgan fingerprint density at radius 1 is 1.03 bits per heavy atom. The Morgan fingerprint density at radius 2 is 1.66 bits per heavy atom. The lowest BCUT2D eigenvalue weighted by Gasteiger charge is -2.19. The Bertz CT molecular complexity index is 977. The standard InChI is InChI=1S/C25H27NO3/c1-6-29-24(28)22-17(2)26(20-10-8-7-9-11-20)23(27)21(22)16-18-12-14-19(15-13-18)25(3,4)5/h7-16H,6H2,1-5H3/b21-16-. The van der Waals surface area contributed by atoms with E-state index in [1.54, 1.807) is 24.8 Å². The Balaban J connectivity index is 2.07. The lowest BCUT2D eigenvalue weighted by molar-refractivity contribution is -0.138. The molecule has 0 bridgehead atoms. The summed E-state index contributed by atoms with van der Waals surface area (Å²) in [7, 11) is 0. The molecule has 2 aromatic carbocycles. The molecule has 1 aliphatic heterocycles. The first-order chi connectivity index (χ1) is 13.7. The Morgan fingerprint density at radius 3 is 2.21 bits per heavy atom. The van der Waals surface area contributed by atoms with E-state index < -0.39 is 5.97 Å². The van der Waals surface area contributed by atoms with Gasteiger partial charge in [-0.25, -0.2) is 4.79 Å². The van der Waals surface area contributed by atoms with E-state index in [4.69, 9.17) is 4.74 Å². The lowest BCUT2D eigenvalue weighted by atomic mass is 9.86. The van der Waals surface area contributed by atoms with Crippen LogP contribution in [0.4, 0.5) is 5.69 Å². The van der Waals surface area contributed by atoms with E-state index in [1.807, 2.05) is 42.5 Å². The first-order valence-electron chi connectivity index (χ1n) is 9.84.